The normalized spacial score (nSPS) is 28.2. The number of piperidine rings is 1. The number of carboxylic acids is 1. The van der Waals surface area contributed by atoms with Crippen LogP contribution in [0, 0.1) is 5.41 Å². The number of benzene rings is 1. The number of rotatable bonds is 6. The number of nitrogens with zero attached hydrogens (tertiary/aromatic N) is 2. The molecule has 6 nitrogen and oxygen atoms in total. The van der Waals surface area contributed by atoms with E-state index in [0.717, 1.165) is 38.4 Å². The molecule has 0 aromatic heterocycles. The minimum Gasteiger partial charge on any atom is -0.481 e. The molecule has 2 saturated heterocycles. The van der Waals surface area contributed by atoms with Crippen LogP contribution in [-0.4, -0.2) is 83.6 Å². The minimum absolute atomic E-state index is 0.0356. The van der Waals surface area contributed by atoms with Gasteiger partial charge in [0.2, 0.25) is 0 Å². The molecule has 2 atom stereocenters. The quantitative estimate of drug-likeness (QED) is 0.784. The first-order chi connectivity index (χ1) is 12.8. The van der Waals surface area contributed by atoms with E-state index in [2.05, 4.69) is 23.6 Å². The standard InChI is InChI=1S/C21H32N2O4/c1-20(2,23-10-12-27-13-11-23)16-22-9-8-21(19(25)26,18(24)15-22)14-17-6-4-3-5-7-17/h3-7,18,24H,8-16H2,1-2H3,(H,25,26)/t18-,21+/m0/s1. The zero-order valence-electron chi connectivity index (χ0n) is 16.4. The summed E-state index contributed by atoms with van der Waals surface area (Å²) >= 11 is 0. The predicted octanol–water partition coefficient (Wildman–Crippen LogP) is 1.48. The molecule has 1 aromatic rings. The minimum atomic E-state index is -1.11. The molecular formula is C21H32N2O4. The maximum Gasteiger partial charge on any atom is 0.312 e. The summed E-state index contributed by atoms with van der Waals surface area (Å²) in [5.41, 5.74) is -0.186. The predicted molar refractivity (Wildman–Crippen MR) is 104 cm³/mol. The van der Waals surface area contributed by atoms with Gasteiger partial charge in [0.25, 0.3) is 0 Å². The van der Waals surface area contributed by atoms with E-state index in [9.17, 15) is 15.0 Å². The maximum absolute atomic E-state index is 12.1. The Labute approximate surface area is 161 Å². The van der Waals surface area contributed by atoms with E-state index in [-0.39, 0.29) is 5.54 Å². The summed E-state index contributed by atoms with van der Waals surface area (Å²) in [6, 6.07) is 9.62. The van der Waals surface area contributed by atoms with Gasteiger partial charge >= 0.3 is 5.97 Å². The average Bonchev–Trinajstić information content (AvgIpc) is 2.65. The Morgan fingerprint density at radius 3 is 2.48 bits per heavy atom. The van der Waals surface area contributed by atoms with Gasteiger partial charge in [-0.3, -0.25) is 14.6 Å². The number of hydrogen-bond donors (Lipinski definition) is 2. The monoisotopic (exact) mass is 376 g/mol. The van der Waals surface area contributed by atoms with Crippen molar-refractivity contribution < 1.29 is 19.7 Å². The van der Waals surface area contributed by atoms with Crippen LogP contribution in [0.2, 0.25) is 0 Å². The third kappa shape index (κ3) is 4.51. The van der Waals surface area contributed by atoms with Crippen LogP contribution >= 0.6 is 0 Å². The number of carbonyl (C=O) groups is 1. The van der Waals surface area contributed by atoms with Crippen molar-refractivity contribution in [2.75, 3.05) is 45.9 Å². The number of likely N-dealkylation sites (tertiary alicyclic amines) is 1. The highest BCUT2D eigenvalue weighted by molar-refractivity contribution is 5.76. The molecule has 0 amide bonds. The number of β-amino-alcohol motifs (C(OH)–C–C–N with tert-alkyl or cyclic N) is 1. The lowest BCUT2D eigenvalue weighted by atomic mass is 9.71. The van der Waals surface area contributed by atoms with Gasteiger partial charge in [-0.15, -0.1) is 0 Å². The number of carboxylic acid groups (broad SMARTS) is 1. The molecule has 150 valence electrons. The second-order valence-corrected chi connectivity index (χ2v) is 8.54. The molecular weight excluding hydrogens is 344 g/mol. The summed E-state index contributed by atoms with van der Waals surface area (Å²) in [5, 5.41) is 20.8. The zero-order valence-corrected chi connectivity index (χ0v) is 16.4. The van der Waals surface area contributed by atoms with Crippen molar-refractivity contribution in [3.63, 3.8) is 0 Å². The summed E-state index contributed by atoms with van der Waals surface area (Å²) in [6.45, 7) is 9.66. The second kappa shape index (κ2) is 8.27. The Kier molecular flexibility index (Phi) is 6.21. The van der Waals surface area contributed by atoms with Crippen molar-refractivity contribution in [2.45, 2.75) is 38.3 Å². The Balaban J connectivity index is 1.67. The van der Waals surface area contributed by atoms with Crippen molar-refractivity contribution in [1.82, 2.24) is 9.80 Å². The maximum atomic E-state index is 12.1. The number of morpholine rings is 1. The smallest absolute Gasteiger partial charge is 0.312 e. The van der Waals surface area contributed by atoms with Gasteiger partial charge in [-0.2, -0.15) is 0 Å². The lowest BCUT2D eigenvalue weighted by Gasteiger charge is -2.48. The van der Waals surface area contributed by atoms with Gasteiger partial charge in [0.05, 0.1) is 19.3 Å². The molecule has 0 radical (unpaired) electrons. The van der Waals surface area contributed by atoms with Gasteiger partial charge in [-0.1, -0.05) is 30.3 Å². The van der Waals surface area contributed by atoms with Crippen LogP contribution in [0.1, 0.15) is 25.8 Å². The Bertz CT molecular complexity index is 630. The molecule has 2 aliphatic rings. The van der Waals surface area contributed by atoms with Crippen molar-refractivity contribution in [1.29, 1.82) is 0 Å². The first-order valence-electron chi connectivity index (χ1n) is 9.84. The Morgan fingerprint density at radius 2 is 1.89 bits per heavy atom. The third-order valence-electron chi connectivity index (χ3n) is 6.21. The van der Waals surface area contributed by atoms with E-state index in [4.69, 9.17) is 4.74 Å². The highest BCUT2D eigenvalue weighted by atomic mass is 16.5. The average molecular weight is 376 g/mol. The molecule has 2 fully saturated rings. The fraction of sp³-hybridized carbons (Fsp3) is 0.667. The van der Waals surface area contributed by atoms with Gasteiger partial charge in [0, 0.05) is 31.7 Å². The molecule has 3 rings (SSSR count). The van der Waals surface area contributed by atoms with Crippen molar-refractivity contribution in [2.24, 2.45) is 5.41 Å². The van der Waals surface area contributed by atoms with Crippen LogP contribution in [0.3, 0.4) is 0 Å². The van der Waals surface area contributed by atoms with E-state index in [0.29, 0.717) is 25.9 Å². The molecule has 27 heavy (non-hydrogen) atoms. The summed E-state index contributed by atoms with van der Waals surface area (Å²) in [4.78, 5) is 16.8. The first-order valence-corrected chi connectivity index (χ1v) is 9.84. The number of ether oxygens (including phenoxy) is 1. The molecule has 0 saturated carbocycles. The van der Waals surface area contributed by atoms with Crippen LogP contribution in [0.4, 0.5) is 0 Å². The van der Waals surface area contributed by atoms with Crippen LogP contribution in [0.25, 0.3) is 0 Å². The zero-order chi connectivity index (χ0) is 19.5. The fourth-order valence-corrected chi connectivity index (χ4v) is 4.49. The number of hydrogen-bond acceptors (Lipinski definition) is 5. The van der Waals surface area contributed by atoms with Gasteiger partial charge in [0.15, 0.2) is 0 Å². The van der Waals surface area contributed by atoms with Crippen LogP contribution in [0.15, 0.2) is 30.3 Å². The molecule has 2 N–H and O–H groups in total. The summed E-state index contributed by atoms with van der Waals surface area (Å²) < 4.78 is 5.45. The van der Waals surface area contributed by atoms with E-state index in [1.165, 1.54) is 0 Å². The lowest BCUT2D eigenvalue weighted by molar-refractivity contribution is -0.163. The molecule has 0 aliphatic carbocycles. The first kappa shape index (κ1) is 20.3. The number of aliphatic carboxylic acids is 1. The number of aliphatic hydroxyl groups is 1. The molecule has 2 heterocycles. The van der Waals surface area contributed by atoms with Crippen molar-refractivity contribution in [3.8, 4) is 0 Å². The van der Waals surface area contributed by atoms with E-state index >= 15 is 0 Å². The summed E-state index contributed by atoms with van der Waals surface area (Å²) in [6.07, 6.45) is -0.0627. The van der Waals surface area contributed by atoms with Crippen LogP contribution in [0.5, 0.6) is 0 Å². The second-order valence-electron chi connectivity index (χ2n) is 8.54. The summed E-state index contributed by atoms with van der Waals surface area (Å²) in [7, 11) is 0. The third-order valence-corrected chi connectivity index (χ3v) is 6.21. The molecule has 6 heteroatoms. The van der Waals surface area contributed by atoms with Gasteiger partial charge < -0.3 is 14.9 Å². The van der Waals surface area contributed by atoms with Gasteiger partial charge in [-0.05, 0) is 38.8 Å². The largest absolute Gasteiger partial charge is 0.481 e. The molecule has 0 bridgehead atoms. The number of aliphatic hydroxyl groups excluding tert-OH is 1. The van der Waals surface area contributed by atoms with E-state index in [1.807, 2.05) is 30.3 Å². The van der Waals surface area contributed by atoms with Crippen molar-refractivity contribution >= 4 is 5.97 Å². The summed E-state index contributed by atoms with van der Waals surface area (Å²) in [5.74, 6) is -0.897. The Hall–Kier alpha value is -1.47. The van der Waals surface area contributed by atoms with Gasteiger partial charge in [-0.25, -0.2) is 0 Å². The highest BCUT2D eigenvalue weighted by Crippen LogP contribution is 2.36. The van der Waals surface area contributed by atoms with E-state index < -0.39 is 17.5 Å². The topological polar surface area (TPSA) is 73.2 Å². The SMILES string of the molecule is CC(C)(CN1CC[C@](Cc2ccccc2)(C(=O)O)[C@@H](O)C1)N1CCOCC1. The van der Waals surface area contributed by atoms with E-state index in [1.54, 1.807) is 0 Å². The van der Waals surface area contributed by atoms with Crippen LogP contribution < -0.4 is 0 Å². The molecule has 0 spiro atoms. The highest BCUT2D eigenvalue weighted by Gasteiger charge is 2.49. The fourth-order valence-electron chi connectivity index (χ4n) is 4.49. The van der Waals surface area contributed by atoms with Gasteiger partial charge in [0.1, 0.15) is 5.41 Å². The van der Waals surface area contributed by atoms with Crippen LogP contribution in [-0.2, 0) is 16.0 Å². The Morgan fingerprint density at radius 1 is 1.22 bits per heavy atom. The molecule has 0 unspecified atom stereocenters. The van der Waals surface area contributed by atoms with Crippen molar-refractivity contribution in [3.05, 3.63) is 35.9 Å². The molecule has 2 aliphatic heterocycles. The lowest BCUT2D eigenvalue weighted by Crippen LogP contribution is -2.61. The molecule has 1 aromatic carbocycles.